The molecule has 0 radical (unpaired) electrons. The number of benzene rings is 2. The number of hydrogen-bond donors (Lipinski definition) is 1. The number of carbonyl (C=O) groups excluding carboxylic acids is 2. The predicted molar refractivity (Wildman–Crippen MR) is 112 cm³/mol. The topological polar surface area (TPSA) is 62.6 Å². The van der Waals surface area contributed by atoms with Crippen molar-refractivity contribution in [2.45, 2.75) is 32.4 Å². The molecule has 0 aliphatic carbocycles. The van der Waals surface area contributed by atoms with E-state index in [-0.39, 0.29) is 11.7 Å². The van der Waals surface area contributed by atoms with Crippen molar-refractivity contribution in [3.05, 3.63) is 95.4 Å². The quantitative estimate of drug-likeness (QED) is 0.636. The first-order chi connectivity index (χ1) is 14.1. The van der Waals surface area contributed by atoms with Crippen molar-refractivity contribution in [2.24, 2.45) is 0 Å². The summed E-state index contributed by atoms with van der Waals surface area (Å²) >= 11 is 0. The van der Waals surface area contributed by atoms with E-state index in [1.54, 1.807) is 24.1 Å². The molecule has 0 spiro atoms. The van der Waals surface area contributed by atoms with Crippen LogP contribution < -0.4 is 5.32 Å². The van der Waals surface area contributed by atoms with E-state index >= 15 is 0 Å². The lowest BCUT2D eigenvalue weighted by molar-refractivity contribution is -0.132. The summed E-state index contributed by atoms with van der Waals surface area (Å²) in [6, 6.07) is 20.4. The highest BCUT2D eigenvalue weighted by atomic mass is 16.3. The second-order valence-electron chi connectivity index (χ2n) is 7.06. The normalized spacial score (nSPS) is 11.7. The maximum absolute atomic E-state index is 13.2. The van der Waals surface area contributed by atoms with Gasteiger partial charge < -0.3 is 14.6 Å². The molecule has 0 aliphatic heterocycles. The number of aryl methyl sites for hydroxylation is 1. The molecule has 3 aromatic rings. The number of nitrogens with one attached hydrogen (secondary N) is 1. The Labute approximate surface area is 171 Å². The lowest BCUT2D eigenvalue weighted by Gasteiger charge is -2.25. The van der Waals surface area contributed by atoms with Gasteiger partial charge in [0.25, 0.3) is 5.91 Å². The number of furan rings is 1. The zero-order chi connectivity index (χ0) is 20.6. The smallest absolute Gasteiger partial charge is 0.287 e. The molecule has 1 atom stereocenters. The van der Waals surface area contributed by atoms with Gasteiger partial charge in [0.05, 0.1) is 6.26 Å². The van der Waals surface area contributed by atoms with Crippen molar-refractivity contribution in [3.63, 3.8) is 0 Å². The highest BCUT2D eigenvalue weighted by Gasteiger charge is 2.25. The van der Waals surface area contributed by atoms with Gasteiger partial charge in [0.15, 0.2) is 5.76 Å². The van der Waals surface area contributed by atoms with Crippen molar-refractivity contribution in [3.8, 4) is 0 Å². The predicted octanol–water partition coefficient (Wildman–Crippen LogP) is 3.84. The van der Waals surface area contributed by atoms with Crippen molar-refractivity contribution < 1.29 is 14.0 Å². The van der Waals surface area contributed by atoms with Crippen LogP contribution in [0.15, 0.2) is 77.4 Å². The van der Waals surface area contributed by atoms with E-state index < -0.39 is 11.9 Å². The van der Waals surface area contributed by atoms with E-state index in [2.05, 4.69) is 24.4 Å². The van der Waals surface area contributed by atoms with Crippen molar-refractivity contribution >= 4 is 11.8 Å². The number of hydrogen-bond acceptors (Lipinski definition) is 3. The average Bonchev–Trinajstić information content (AvgIpc) is 3.29. The van der Waals surface area contributed by atoms with Crippen LogP contribution in [0.4, 0.5) is 0 Å². The summed E-state index contributed by atoms with van der Waals surface area (Å²) in [5.41, 5.74) is 3.29. The van der Waals surface area contributed by atoms with Gasteiger partial charge in [0.2, 0.25) is 5.91 Å². The minimum Gasteiger partial charge on any atom is -0.459 e. The largest absolute Gasteiger partial charge is 0.459 e. The molecule has 5 nitrogen and oxygen atoms in total. The Balaban J connectivity index is 1.73. The van der Waals surface area contributed by atoms with E-state index in [1.807, 2.05) is 42.5 Å². The van der Waals surface area contributed by atoms with Crippen LogP contribution in [0.5, 0.6) is 0 Å². The summed E-state index contributed by atoms with van der Waals surface area (Å²) in [6.07, 6.45) is 2.83. The van der Waals surface area contributed by atoms with Gasteiger partial charge in [-0.2, -0.15) is 0 Å². The molecule has 1 aromatic heterocycles. The van der Waals surface area contributed by atoms with Gasteiger partial charge in [-0.1, -0.05) is 61.5 Å². The Bertz CT molecular complexity index is 919. The van der Waals surface area contributed by atoms with Gasteiger partial charge in [-0.15, -0.1) is 0 Å². The molecule has 0 aliphatic rings. The van der Waals surface area contributed by atoms with E-state index in [0.29, 0.717) is 13.0 Å². The molecule has 150 valence electrons. The van der Waals surface area contributed by atoms with Gasteiger partial charge >= 0.3 is 0 Å². The van der Waals surface area contributed by atoms with Crippen LogP contribution in [0.2, 0.25) is 0 Å². The van der Waals surface area contributed by atoms with Gasteiger partial charge in [-0.05, 0) is 35.2 Å². The van der Waals surface area contributed by atoms with Gasteiger partial charge in [-0.3, -0.25) is 9.59 Å². The summed E-state index contributed by atoms with van der Waals surface area (Å²) in [5.74, 6) is -0.355. The Kier molecular flexibility index (Phi) is 6.85. The maximum atomic E-state index is 13.2. The first kappa shape index (κ1) is 20.4. The SMILES string of the molecule is CCc1ccc(CN(C)C(=O)[C@H](Cc2ccccc2)NC(=O)c2ccco2)cc1. The number of rotatable bonds is 8. The van der Waals surface area contributed by atoms with Gasteiger partial charge in [0, 0.05) is 20.0 Å². The van der Waals surface area contributed by atoms with Crippen molar-refractivity contribution in [1.29, 1.82) is 0 Å². The number of nitrogens with zero attached hydrogens (tertiary/aromatic N) is 1. The molecule has 2 amide bonds. The van der Waals surface area contributed by atoms with E-state index in [0.717, 1.165) is 17.5 Å². The summed E-state index contributed by atoms with van der Waals surface area (Å²) < 4.78 is 5.17. The van der Waals surface area contributed by atoms with Crippen LogP contribution in [0.3, 0.4) is 0 Å². The van der Waals surface area contributed by atoms with E-state index in [1.165, 1.54) is 11.8 Å². The molecule has 1 N–H and O–H groups in total. The zero-order valence-electron chi connectivity index (χ0n) is 16.8. The van der Waals surface area contributed by atoms with Crippen molar-refractivity contribution in [1.82, 2.24) is 10.2 Å². The van der Waals surface area contributed by atoms with Gasteiger partial charge in [-0.25, -0.2) is 0 Å². The minimum absolute atomic E-state index is 0.145. The Morgan fingerprint density at radius 2 is 1.62 bits per heavy atom. The maximum Gasteiger partial charge on any atom is 0.287 e. The lowest BCUT2D eigenvalue weighted by Crippen LogP contribution is -2.48. The molecule has 0 saturated heterocycles. The van der Waals surface area contributed by atoms with E-state index in [4.69, 9.17) is 4.42 Å². The fraction of sp³-hybridized carbons (Fsp3) is 0.250. The van der Waals surface area contributed by atoms with Crippen LogP contribution in [-0.4, -0.2) is 29.8 Å². The summed E-state index contributed by atoms with van der Waals surface area (Å²) in [5, 5.41) is 2.83. The Hall–Kier alpha value is -3.34. The third kappa shape index (κ3) is 5.57. The molecule has 0 fully saturated rings. The van der Waals surface area contributed by atoms with Gasteiger partial charge in [0.1, 0.15) is 6.04 Å². The molecular weight excluding hydrogens is 364 g/mol. The third-order valence-electron chi connectivity index (χ3n) is 4.86. The highest BCUT2D eigenvalue weighted by Crippen LogP contribution is 2.11. The summed E-state index contributed by atoms with van der Waals surface area (Å²) in [7, 11) is 1.76. The fourth-order valence-electron chi connectivity index (χ4n) is 3.19. The molecule has 2 aromatic carbocycles. The standard InChI is InChI=1S/C24H26N2O3/c1-3-18-11-13-20(14-12-18)17-26(2)24(28)21(16-19-8-5-4-6-9-19)25-23(27)22-10-7-15-29-22/h4-15,21H,3,16-17H2,1-2H3,(H,25,27)/t21-/m0/s1. The Morgan fingerprint density at radius 3 is 2.24 bits per heavy atom. The monoisotopic (exact) mass is 390 g/mol. The van der Waals surface area contributed by atoms with E-state index in [9.17, 15) is 9.59 Å². The Morgan fingerprint density at radius 1 is 0.931 bits per heavy atom. The lowest BCUT2D eigenvalue weighted by atomic mass is 10.0. The molecule has 1 heterocycles. The molecule has 5 heteroatoms. The molecule has 3 rings (SSSR count). The molecule has 0 saturated carbocycles. The fourth-order valence-corrected chi connectivity index (χ4v) is 3.19. The van der Waals surface area contributed by atoms with Crippen LogP contribution in [0.25, 0.3) is 0 Å². The third-order valence-corrected chi connectivity index (χ3v) is 4.86. The molecular formula is C24H26N2O3. The van der Waals surface area contributed by atoms with Crippen LogP contribution in [0.1, 0.15) is 34.2 Å². The molecule has 0 bridgehead atoms. The summed E-state index contributed by atoms with van der Waals surface area (Å²) in [4.78, 5) is 27.3. The first-order valence-electron chi connectivity index (χ1n) is 9.78. The second-order valence-corrected chi connectivity index (χ2v) is 7.06. The van der Waals surface area contributed by atoms with Crippen molar-refractivity contribution in [2.75, 3.05) is 7.05 Å². The van der Waals surface area contributed by atoms with Crippen LogP contribution in [-0.2, 0) is 24.2 Å². The molecule has 29 heavy (non-hydrogen) atoms. The minimum atomic E-state index is -0.685. The number of amides is 2. The number of carbonyl (C=O) groups is 2. The van der Waals surface area contributed by atoms with Crippen LogP contribution in [0, 0.1) is 0 Å². The average molecular weight is 390 g/mol. The first-order valence-corrected chi connectivity index (χ1v) is 9.78. The second kappa shape index (κ2) is 9.73. The number of likely N-dealkylation sites (N-methyl/N-ethyl adjacent to an activating group) is 1. The van der Waals surface area contributed by atoms with Crippen LogP contribution >= 0.6 is 0 Å². The summed E-state index contributed by atoms with van der Waals surface area (Å²) in [6.45, 7) is 2.59. The zero-order valence-corrected chi connectivity index (χ0v) is 16.8. The highest BCUT2D eigenvalue weighted by molar-refractivity contribution is 5.95. The molecule has 0 unspecified atom stereocenters.